The molecule has 0 fully saturated rings. The maximum atomic E-state index is 11.7. The number of carbonyl (C=O) groups excluding carboxylic acids is 1. The van der Waals surface area contributed by atoms with Gasteiger partial charge in [-0.1, -0.05) is 51.0 Å². The third kappa shape index (κ3) is 5.03. The van der Waals surface area contributed by atoms with E-state index in [1.165, 1.54) is 18.2 Å². The van der Waals surface area contributed by atoms with Crippen LogP contribution < -0.4 is 5.32 Å². The first kappa shape index (κ1) is 15.7. The SMILES string of the molecule is CCCCC(NCc1ccccc1CC)C(=O)OC. The maximum absolute atomic E-state index is 11.7. The molecule has 1 N–H and O–H groups in total. The summed E-state index contributed by atoms with van der Waals surface area (Å²) in [5.74, 6) is -0.164. The van der Waals surface area contributed by atoms with Crippen molar-refractivity contribution in [1.29, 1.82) is 0 Å². The van der Waals surface area contributed by atoms with Crippen molar-refractivity contribution in [3.05, 3.63) is 35.4 Å². The van der Waals surface area contributed by atoms with Gasteiger partial charge in [0.2, 0.25) is 0 Å². The van der Waals surface area contributed by atoms with E-state index in [9.17, 15) is 4.79 Å². The molecule has 0 saturated heterocycles. The van der Waals surface area contributed by atoms with Gasteiger partial charge in [0.25, 0.3) is 0 Å². The Morgan fingerprint density at radius 3 is 2.53 bits per heavy atom. The third-order valence-corrected chi connectivity index (χ3v) is 3.37. The summed E-state index contributed by atoms with van der Waals surface area (Å²) in [6.45, 7) is 4.99. The molecular formula is C16H25NO2. The van der Waals surface area contributed by atoms with Gasteiger partial charge in [-0.15, -0.1) is 0 Å². The minimum Gasteiger partial charge on any atom is -0.468 e. The topological polar surface area (TPSA) is 38.3 Å². The number of esters is 1. The lowest BCUT2D eigenvalue weighted by atomic mass is 10.0. The molecule has 106 valence electrons. The Hall–Kier alpha value is -1.35. The Labute approximate surface area is 116 Å². The normalized spacial score (nSPS) is 12.2. The summed E-state index contributed by atoms with van der Waals surface area (Å²) in [7, 11) is 1.45. The molecule has 0 aliphatic carbocycles. The van der Waals surface area contributed by atoms with Gasteiger partial charge in [0.15, 0.2) is 0 Å². The van der Waals surface area contributed by atoms with Crippen LogP contribution in [0, 0.1) is 0 Å². The van der Waals surface area contributed by atoms with Crippen LogP contribution in [0.15, 0.2) is 24.3 Å². The molecule has 1 aromatic carbocycles. The number of ether oxygens (including phenoxy) is 1. The lowest BCUT2D eigenvalue weighted by Crippen LogP contribution is -2.37. The fourth-order valence-corrected chi connectivity index (χ4v) is 2.16. The summed E-state index contributed by atoms with van der Waals surface area (Å²) in [5.41, 5.74) is 2.59. The molecule has 0 aliphatic heterocycles. The van der Waals surface area contributed by atoms with Gasteiger partial charge in [-0.3, -0.25) is 4.79 Å². The fourth-order valence-electron chi connectivity index (χ4n) is 2.16. The summed E-state index contributed by atoms with van der Waals surface area (Å²) < 4.78 is 4.85. The molecule has 0 aromatic heterocycles. The fraction of sp³-hybridized carbons (Fsp3) is 0.562. The second-order valence-electron chi connectivity index (χ2n) is 4.72. The van der Waals surface area contributed by atoms with Crippen molar-refractivity contribution < 1.29 is 9.53 Å². The van der Waals surface area contributed by atoms with Gasteiger partial charge in [0.1, 0.15) is 6.04 Å². The van der Waals surface area contributed by atoms with E-state index < -0.39 is 0 Å². The molecule has 0 aliphatic rings. The number of unbranched alkanes of at least 4 members (excludes halogenated alkanes) is 1. The van der Waals surface area contributed by atoms with Crippen molar-refractivity contribution in [3.63, 3.8) is 0 Å². The van der Waals surface area contributed by atoms with Gasteiger partial charge in [-0.2, -0.15) is 0 Å². The van der Waals surface area contributed by atoms with Gasteiger partial charge < -0.3 is 10.1 Å². The van der Waals surface area contributed by atoms with E-state index in [0.717, 1.165) is 25.7 Å². The van der Waals surface area contributed by atoms with Gasteiger partial charge in [0.05, 0.1) is 7.11 Å². The molecule has 19 heavy (non-hydrogen) atoms. The summed E-state index contributed by atoms with van der Waals surface area (Å²) in [5, 5.41) is 3.32. The van der Waals surface area contributed by atoms with Crippen LogP contribution in [-0.2, 0) is 22.5 Å². The number of hydrogen-bond donors (Lipinski definition) is 1. The zero-order valence-corrected chi connectivity index (χ0v) is 12.2. The Morgan fingerprint density at radius 1 is 1.26 bits per heavy atom. The second-order valence-corrected chi connectivity index (χ2v) is 4.72. The zero-order valence-electron chi connectivity index (χ0n) is 12.2. The average Bonchev–Trinajstić information content (AvgIpc) is 2.47. The van der Waals surface area contributed by atoms with Crippen LogP contribution in [-0.4, -0.2) is 19.1 Å². The molecule has 0 bridgehead atoms. The standard InChI is InChI=1S/C16H25NO2/c1-4-6-11-15(16(18)19-3)17-12-14-10-8-7-9-13(14)5-2/h7-10,15,17H,4-6,11-12H2,1-3H3. The highest BCUT2D eigenvalue weighted by Crippen LogP contribution is 2.10. The summed E-state index contributed by atoms with van der Waals surface area (Å²) >= 11 is 0. The number of rotatable bonds is 8. The van der Waals surface area contributed by atoms with E-state index in [1.54, 1.807) is 0 Å². The largest absolute Gasteiger partial charge is 0.468 e. The Kier molecular flexibility index (Phi) is 7.19. The highest BCUT2D eigenvalue weighted by molar-refractivity contribution is 5.75. The number of methoxy groups -OCH3 is 1. The molecule has 0 amide bonds. The summed E-state index contributed by atoms with van der Waals surface area (Å²) in [6.07, 6.45) is 3.95. The van der Waals surface area contributed by atoms with Gasteiger partial charge in [-0.25, -0.2) is 0 Å². The van der Waals surface area contributed by atoms with Crippen LogP contribution in [0.1, 0.15) is 44.2 Å². The lowest BCUT2D eigenvalue weighted by Gasteiger charge is -2.17. The molecule has 0 radical (unpaired) electrons. The Morgan fingerprint density at radius 2 is 1.95 bits per heavy atom. The third-order valence-electron chi connectivity index (χ3n) is 3.37. The first-order chi connectivity index (χ1) is 9.22. The quantitative estimate of drug-likeness (QED) is 0.733. The molecule has 1 aromatic rings. The summed E-state index contributed by atoms with van der Waals surface area (Å²) in [4.78, 5) is 11.7. The van der Waals surface area contributed by atoms with Crippen molar-refractivity contribution in [2.75, 3.05) is 7.11 Å². The Balaban J connectivity index is 2.62. The van der Waals surface area contributed by atoms with Gasteiger partial charge in [-0.05, 0) is 24.0 Å². The minimum atomic E-state index is -0.199. The van der Waals surface area contributed by atoms with E-state index in [4.69, 9.17) is 4.74 Å². The van der Waals surface area contributed by atoms with E-state index in [1.807, 2.05) is 6.07 Å². The van der Waals surface area contributed by atoms with Gasteiger partial charge in [0, 0.05) is 6.54 Å². The molecule has 0 spiro atoms. The van der Waals surface area contributed by atoms with Crippen molar-refractivity contribution in [2.24, 2.45) is 0 Å². The minimum absolute atomic E-state index is 0.164. The van der Waals surface area contributed by atoms with Crippen molar-refractivity contribution >= 4 is 5.97 Å². The number of benzene rings is 1. The number of nitrogens with one attached hydrogen (secondary N) is 1. The first-order valence-corrected chi connectivity index (χ1v) is 7.10. The predicted molar refractivity (Wildman–Crippen MR) is 78.0 cm³/mol. The average molecular weight is 263 g/mol. The van der Waals surface area contributed by atoms with Crippen LogP contribution >= 0.6 is 0 Å². The van der Waals surface area contributed by atoms with E-state index in [-0.39, 0.29) is 12.0 Å². The number of hydrogen-bond acceptors (Lipinski definition) is 3. The first-order valence-electron chi connectivity index (χ1n) is 7.10. The monoisotopic (exact) mass is 263 g/mol. The molecule has 0 heterocycles. The van der Waals surface area contributed by atoms with E-state index in [2.05, 4.69) is 37.4 Å². The van der Waals surface area contributed by atoms with Crippen molar-refractivity contribution in [1.82, 2.24) is 5.32 Å². The molecule has 1 atom stereocenters. The highest BCUT2D eigenvalue weighted by atomic mass is 16.5. The van der Waals surface area contributed by atoms with Crippen LogP contribution in [0.2, 0.25) is 0 Å². The van der Waals surface area contributed by atoms with Crippen molar-refractivity contribution in [2.45, 2.75) is 52.1 Å². The molecular weight excluding hydrogens is 238 g/mol. The maximum Gasteiger partial charge on any atom is 0.322 e. The highest BCUT2D eigenvalue weighted by Gasteiger charge is 2.17. The zero-order chi connectivity index (χ0) is 14.1. The predicted octanol–water partition coefficient (Wildman–Crippen LogP) is 3.07. The Bertz CT molecular complexity index is 390. The molecule has 1 unspecified atom stereocenters. The van der Waals surface area contributed by atoms with Crippen LogP contribution in [0.3, 0.4) is 0 Å². The lowest BCUT2D eigenvalue weighted by molar-refractivity contribution is -0.143. The molecule has 0 saturated carbocycles. The van der Waals surface area contributed by atoms with Crippen LogP contribution in [0.5, 0.6) is 0 Å². The van der Waals surface area contributed by atoms with Crippen LogP contribution in [0.4, 0.5) is 0 Å². The second kappa shape index (κ2) is 8.70. The molecule has 1 rings (SSSR count). The summed E-state index contributed by atoms with van der Waals surface area (Å²) in [6, 6.07) is 8.14. The van der Waals surface area contributed by atoms with E-state index >= 15 is 0 Å². The number of carbonyl (C=O) groups is 1. The molecule has 3 heteroatoms. The smallest absolute Gasteiger partial charge is 0.322 e. The number of aryl methyl sites for hydroxylation is 1. The van der Waals surface area contributed by atoms with Crippen LogP contribution in [0.25, 0.3) is 0 Å². The van der Waals surface area contributed by atoms with Gasteiger partial charge >= 0.3 is 5.97 Å². The van der Waals surface area contributed by atoms with E-state index in [0.29, 0.717) is 6.54 Å². The van der Waals surface area contributed by atoms with Crippen molar-refractivity contribution in [3.8, 4) is 0 Å². The molecule has 3 nitrogen and oxygen atoms in total.